The zero-order valence-electron chi connectivity index (χ0n) is 11.1. The Hall–Kier alpha value is -1.39. The lowest BCUT2D eigenvalue weighted by atomic mass is 10.1. The number of hydrogen-bond donors (Lipinski definition) is 1. The largest absolute Gasteiger partial charge is 0.383 e. The second-order valence-corrected chi connectivity index (χ2v) is 4.71. The van der Waals surface area contributed by atoms with Crippen LogP contribution >= 0.6 is 0 Å². The summed E-state index contributed by atoms with van der Waals surface area (Å²) in [4.78, 5) is 4.71. The first kappa shape index (κ1) is 13.1. The number of nitrogens with two attached hydrogens (primary N) is 1. The van der Waals surface area contributed by atoms with Gasteiger partial charge in [-0.2, -0.15) is 0 Å². The normalized spacial score (nSPS) is 13.1. The molecule has 0 fully saturated rings. The van der Waals surface area contributed by atoms with Gasteiger partial charge in [-0.25, -0.2) is 4.98 Å². The third-order valence-electron chi connectivity index (χ3n) is 3.19. The fourth-order valence-corrected chi connectivity index (χ4v) is 2.11. The molecular weight excluding hydrogens is 226 g/mol. The first-order valence-electron chi connectivity index (χ1n) is 6.39. The van der Waals surface area contributed by atoms with E-state index in [9.17, 15) is 0 Å². The molecule has 0 aliphatic heterocycles. The molecule has 2 rings (SSSR count). The fourth-order valence-electron chi connectivity index (χ4n) is 2.11. The minimum atomic E-state index is 0.447. The van der Waals surface area contributed by atoms with E-state index < -0.39 is 0 Å². The highest BCUT2D eigenvalue weighted by Gasteiger charge is 2.12. The smallest absolute Gasteiger partial charge is 0.110 e. The summed E-state index contributed by atoms with van der Waals surface area (Å²) in [6.45, 7) is 4.38. The van der Waals surface area contributed by atoms with E-state index in [0.29, 0.717) is 19.1 Å². The number of imidazole rings is 1. The fraction of sp³-hybridized carbons (Fsp3) is 0.500. The van der Waals surface area contributed by atoms with Crippen molar-refractivity contribution in [1.29, 1.82) is 0 Å². The molecule has 2 N–H and O–H groups in total. The van der Waals surface area contributed by atoms with E-state index in [2.05, 4.69) is 23.6 Å². The number of methoxy groups -OCH3 is 1. The van der Waals surface area contributed by atoms with Crippen LogP contribution in [0.4, 0.5) is 0 Å². The molecule has 0 radical (unpaired) electrons. The van der Waals surface area contributed by atoms with E-state index in [-0.39, 0.29) is 0 Å². The molecule has 4 heteroatoms. The van der Waals surface area contributed by atoms with Crippen LogP contribution in [0.5, 0.6) is 0 Å². The van der Waals surface area contributed by atoms with Gasteiger partial charge in [-0.15, -0.1) is 0 Å². The van der Waals surface area contributed by atoms with E-state index in [1.807, 2.05) is 12.1 Å². The van der Waals surface area contributed by atoms with Gasteiger partial charge in [0, 0.05) is 20.1 Å². The molecule has 1 heterocycles. The highest BCUT2D eigenvalue weighted by Crippen LogP contribution is 2.18. The molecule has 0 saturated heterocycles. The third-order valence-corrected chi connectivity index (χ3v) is 3.19. The monoisotopic (exact) mass is 247 g/mol. The van der Waals surface area contributed by atoms with Crippen LogP contribution in [-0.2, 0) is 17.7 Å². The van der Waals surface area contributed by atoms with Gasteiger partial charge >= 0.3 is 0 Å². The SMILES string of the molecule is COCCn1c(CC(C)CN)nc2ccccc21. The van der Waals surface area contributed by atoms with Crippen LogP contribution in [0.2, 0.25) is 0 Å². The van der Waals surface area contributed by atoms with E-state index in [4.69, 9.17) is 15.5 Å². The summed E-state index contributed by atoms with van der Waals surface area (Å²) in [6.07, 6.45) is 0.912. The summed E-state index contributed by atoms with van der Waals surface area (Å²) in [5.41, 5.74) is 7.93. The van der Waals surface area contributed by atoms with Crippen molar-refractivity contribution >= 4 is 11.0 Å². The minimum Gasteiger partial charge on any atom is -0.383 e. The van der Waals surface area contributed by atoms with E-state index in [1.54, 1.807) is 7.11 Å². The lowest BCUT2D eigenvalue weighted by molar-refractivity contribution is 0.187. The Morgan fingerprint density at radius 1 is 1.39 bits per heavy atom. The van der Waals surface area contributed by atoms with Crippen LogP contribution < -0.4 is 5.73 Å². The summed E-state index contributed by atoms with van der Waals surface area (Å²) in [7, 11) is 1.72. The molecule has 2 aromatic rings. The van der Waals surface area contributed by atoms with E-state index in [0.717, 1.165) is 24.3 Å². The predicted octanol–water partition coefficient (Wildman–Crippen LogP) is 1.82. The second kappa shape index (κ2) is 5.98. The topological polar surface area (TPSA) is 53.1 Å². The van der Waals surface area contributed by atoms with E-state index in [1.165, 1.54) is 5.52 Å². The number of fused-ring (bicyclic) bond motifs is 1. The highest BCUT2D eigenvalue weighted by atomic mass is 16.5. The number of rotatable bonds is 6. The van der Waals surface area contributed by atoms with Gasteiger partial charge in [-0.05, 0) is 24.6 Å². The zero-order chi connectivity index (χ0) is 13.0. The van der Waals surface area contributed by atoms with Crippen molar-refractivity contribution < 1.29 is 4.74 Å². The Kier molecular flexibility index (Phi) is 4.33. The van der Waals surface area contributed by atoms with Crippen molar-refractivity contribution in [1.82, 2.24) is 9.55 Å². The quantitative estimate of drug-likeness (QED) is 0.847. The second-order valence-electron chi connectivity index (χ2n) is 4.71. The number of benzene rings is 1. The van der Waals surface area contributed by atoms with Crippen molar-refractivity contribution in [2.24, 2.45) is 11.7 Å². The van der Waals surface area contributed by atoms with Crippen LogP contribution in [0.25, 0.3) is 11.0 Å². The molecule has 18 heavy (non-hydrogen) atoms. The van der Waals surface area contributed by atoms with Gasteiger partial charge in [0.1, 0.15) is 5.82 Å². The molecular formula is C14H21N3O. The van der Waals surface area contributed by atoms with Crippen LogP contribution in [0.3, 0.4) is 0 Å². The standard InChI is InChI=1S/C14H21N3O/c1-11(10-15)9-14-16-12-5-3-4-6-13(12)17(14)7-8-18-2/h3-6,11H,7-10,15H2,1-2H3. The van der Waals surface area contributed by atoms with Gasteiger partial charge in [-0.3, -0.25) is 0 Å². The molecule has 1 aromatic carbocycles. The Labute approximate surface area is 108 Å². The average molecular weight is 247 g/mol. The van der Waals surface area contributed by atoms with Crippen LogP contribution in [-0.4, -0.2) is 29.8 Å². The van der Waals surface area contributed by atoms with Crippen LogP contribution in [0.15, 0.2) is 24.3 Å². The van der Waals surface area contributed by atoms with Crippen molar-refractivity contribution in [2.45, 2.75) is 19.9 Å². The zero-order valence-corrected chi connectivity index (χ0v) is 11.1. The summed E-state index contributed by atoms with van der Waals surface area (Å²) in [5.74, 6) is 1.55. The Bertz CT molecular complexity index is 507. The Morgan fingerprint density at radius 3 is 2.89 bits per heavy atom. The predicted molar refractivity (Wildman–Crippen MR) is 73.5 cm³/mol. The maximum Gasteiger partial charge on any atom is 0.110 e. The number of nitrogens with zero attached hydrogens (tertiary/aromatic N) is 2. The molecule has 1 aromatic heterocycles. The minimum absolute atomic E-state index is 0.447. The summed E-state index contributed by atoms with van der Waals surface area (Å²) in [5, 5.41) is 0. The first-order chi connectivity index (χ1) is 8.76. The molecule has 4 nitrogen and oxygen atoms in total. The van der Waals surface area contributed by atoms with Crippen LogP contribution in [0, 0.1) is 5.92 Å². The molecule has 0 amide bonds. The van der Waals surface area contributed by atoms with Crippen molar-refractivity contribution in [2.75, 3.05) is 20.3 Å². The number of hydrogen-bond acceptors (Lipinski definition) is 3. The van der Waals surface area contributed by atoms with Gasteiger partial charge in [-0.1, -0.05) is 19.1 Å². The van der Waals surface area contributed by atoms with Gasteiger partial charge in [0.2, 0.25) is 0 Å². The maximum absolute atomic E-state index is 5.70. The van der Waals surface area contributed by atoms with Gasteiger partial charge in [0.15, 0.2) is 0 Å². The number of ether oxygens (including phenoxy) is 1. The Morgan fingerprint density at radius 2 is 2.17 bits per heavy atom. The number of aromatic nitrogens is 2. The van der Waals surface area contributed by atoms with Gasteiger partial charge in [0.25, 0.3) is 0 Å². The molecule has 0 spiro atoms. The lowest BCUT2D eigenvalue weighted by Gasteiger charge is -2.11. The molecule has 0 aliphatic carbocycles. The maximum atomic E-state index is 5.70. The molecule has 0 saturated carbocycles. The molecule has 98 valence electrons. The summed E-state index contributed by atoms with van der Waals surface area (Å²) < 4.78 is 7.42. The summed E-state index contributed by atoms with van der Waals surface area (Å²) in [6, 6.07) is 8.22. The molecule has 1 atom stereocenters. The van der Waals surface area contributed by atoms with Gasteiger partial charge in [0.05, 0.1) is 17.6 Å². The van der Waals surface area contributed by atoms with E-state index >= 15 is 0 Å². The Balaban J connectivity index is 2.36. The van der Waals surface area contributed by atoms with Crippen molar-refractivity contribution in [3.8, 4) is 0 Å². The number of para-hydroxylation sites is 2. The van der Waals surface area contributed by atoms with Crippen molar-refractivity contribution in [3.63, 3.8) is 0 Å². The van der Waals surface area contributed by atoms with Gasteiger partial charge < -0.3 is 15.0 Å². The average Bonchev–Trinajstić information content (AvgIpc) is 2.73. The first-order valence-corrected chi connectivity index (χ1v) is 6.39. The van der Waals surface area contributed by atoms with Crippen LogP contribution in [0.1, 0.15) is 12.7 Å². The molecule has 1 unspecified atom stereocenters. The third kappa shape index (κ3) is 2.71. The lowest BCUT2D eigenvalue weighted by Crippen LogP contribution is -2.17. The highest BCUT2D eigenvalue weighted by molar-refractivity contribution is 5.75. The molecule has 0 bridgehead atoms. The summed E-state index contributed by atoms with van der Waals surface area (Å²) >= 11 is 0. The van der Waals surface area contributed by atoms with Crippen molar-refractivity contribution in [3.05, 3.63) is 30.1 Å². The molecule has 0 aliphatic rings.